The maximum atomic E-state index is 5.82. The molecule has 0 aromatic heterocycles. The molecule has 0 aliphatic carbocycles. The second kappa shape index (κ2) is 7.04. The molecule has 1 aromatic rings. The monoisotopic (exact) mass is 261 g/mol. The summed E-state index contributed by atoms with van der Waals surface area (Å²) in [4.78, 5) is 5.15. The molecule has 19 heavy (non-hydrogen) atoms. The summed E-state index contributed by atoms with van der Waals surface area (Å²) >= 11 is 0. The molecular weight excluding hydrogens is 234 g/mol. The van der Waals surface area contributed by atoms with Crippen LogP contribution >= 0.6 is 0 Å². The summed E-state index contributed by atoms with van der Waals surface area (Å²) in [7, 11) is 0. The van der Waals surface area contributed by atoms with Crippen molar-refractivity contribution in [1.82, 2.24) is 9.80 Å². The Labute approximate surface area is 117 Å². The van der Waals surface area contributed by atoms with Crippen LogP contribution in [-0.4, -0.2) is 42.0 Å². The zero-order valence-electron chi connectivity index (χ0n) is 12.3. The van der Waals surface area contributed by atoms with Gasteiger partial charge in [-0.1, -0.05) is 38.1 Å². The fourth-order valence-corrected chi connectivity index (χ4v) is 3.15. The first kappa shape index (κ1) is 14.5. The molecule has 1 heterocycles. The van der Waals surface area contributed by atoms with E-state index < -0.39 is 0 Å². The first-order valence-electron chi connectivity index (χ1n) is 7.51. The standard InChI is InChI=1S/C16H27N3/c1-3-19(4-2)16-9-10-18(13-16)12-15-8-6-5-7-14(15)11-17/h5-8,16H,3-4,9-13,17H2,1-2H3. The quantitative estimate of drug-likeness (QED) is 0.851. The van der Waals surface area contributed by atoms with E-state index in [1.165, 1.54) is 30.6 Å². The predicted molar refractivity (Wildman–Crippen MR) is 80.9 cm³/mol. The predicted octanol–water partition coefficient (Wildman–Crippen LogP) is 2.06. The number of likely N-dealkylation sites (tertiary alicyclic amines) is 1. The van der Waals surface area contributed by atoms with E-state index in [1.54, 1.807) is 0 Å². The highest BCUT2D eigenvalue weighted by atomic mass is 15.2. The van der Waals surface area contributed by atoms with E-state index in [1.807, 2.05) is 0 Å². The molecular formula is C16H27N3. The van der Waals surface area contributed by atoms with Crippen molar-refractivity contribution in [3.63, 3.8) is 0 Å². The largest absolute Gasteiger partial charge is 0.326 e. The SMILES string of the molecule is CCN(CC)C1CCN(Cc2ccccc2CN)C1. The number of nitrogens with two attached hydrogens (primary N) is 1. The van der Waals surface area contributed by atoms with Gasteiger partial charge in [0.05, 0.1) is 0 Å². The van der Waals surface area contributed by atoms with Crippen molar-refractivity contribution in [2.45, 2.75) is 39.4 Å². The van der Waals surface area contributed by atoms with E-state index in [0.29, 0.717) is 6.54 Å². The lowest BCUT2D eigenvalue weighted by Crippen LogP contribution is -2.37. The Hall–Kier alpha value is -0.900. The van der Waals surface area contributed by atoms with Crippen molar-refractivity contribution < 1.29 is 0 Å². The topological polar surface area (TPSA) is 32.5 Å². The normalized spacial score (nSPS) is 20.3. The van der Waals surface area contributed by atoms with Crippen molar-refractivity contribution in [1.29, 1.82) is 0 Å². The van der Waals surface area contributed by atoms with Gasteiger partial charge in [-0.2, -0.15) is 0 Å². The van der Waals surface area contributed by atoms with Crippen LogP contribution in [0, 0.1) is 0 Å². The number of likely N-dealkylation sites (N-methyl/N-ethyl adjacent to an activating group) is 1. The molecule has 2 N–H and O–H groups in total. The highest BCUT2D eigenvalue weighted by molar-refractivity contribution is 5.26. The van der Waals surface area contributed by atoms with Crippen LogP contribution in [0.25, 0.3) is 0 Å². The molecule has 0 saturated carbocycles. The van der Waals surface area contributed by atoms with Gasteiger partial charge in [-0.25, -0.2) is 0 Å². The lowest BCUT2D eigenvalue weighted by atomic mass is 10.1. The van der Waals surface area contributed by atoms with Crippen molar-refractivity contribution in [3.8, 4) is 0 Å². The maximum absolute atomic E-state index is 5.82. The molecule has 2 rings (SSSR count). The lowest BCUT2D eigenvalue weighted by molar-refractivity contribution is 0.209. The molecule has 1 aromatic carbocycles. The van der Waals surface area contributed by atoms with Gasteiger partial charge >= 0.3 is 0 Å². The van der Waals surface area contributed by atoms with Crippen LogP contribution < -0.4 is 5.73 Å². The lowest BCUT2D eigenvalue weighted by Gasteiger charge is -2.26. The van der Waals surface area contributed by atoms with Crippen molar-refractivity contribution in [2.24, 2.45) is 5.73 Å². The van der Waals surface area contributed by atoms with Crippen LogP contribution in [0.15, 0.2) is 24.3 Å². The van der Waals surface area contributed by atoms with E-state index in [0.717, 1.165) is 25.7 Å². The van der Waals surface area contributed by atoms with Gasteiger partial charge in [0, 0.05) is 32.2 Å². The van der Waals surface area contributed by atoms with E-state index in [9.17, 15) is 0 Å². The molecule has 0 spiro atoms. The number of rotatable bonds is 6. The fraction of sp³-hybridized carbons (Fsp3) is 0.625. The molecule has 0 radical (unpaired) electrons. The Morgan fingerprint density at radius 3 is 2.53 bits per heavy atom. The summed E-state index contributed by atoms with van der Waals surface area (Å²) in [5, 5.41) is 0. The van der Waals surface area contributed by atoms with Crippen molar-refractivity contribution in [3.05, 3.63) is 35.4 Å². The summed E-state index contributed by atoms with van der Waals surface area (Å²) in [6.07, 6.45) is 1.30. The third kappa shape index (κ3) is 3.56. The van der Waals surface area contributed by atoms with E-state index in [4.69, 9.17) is 5.73 Å². The first-order valence-corrected chi connectivity index (χ1v) is 7.51. The molecule has 1 fully saturated rings. The van der Waals surface area contributed by atoms with Crippen LogP contribution in [0.1, 0.15) is 31.4 Å². The van der Waals surface area contributed by atoms with Crippen molar-refractivity contribution in [2.75, 3.05) is 26.2 Å². The van der Waals surface area contributed by atoms with Crippen LogP contribution in [0.2, 0.25) is 0 Å². The highest BCUT2D eigenvalue weighted by Crippen LogP contribution is 2.19. The van der Waals surface area contributed by atoms with Gasteiger partial charge in [0.1, 0.15) is 0 Å². The van der Waals surface area contributed by atoms with E-state index in [2.05, 4.69) is 47.9 Å². The molecule has 1 unspecified atom stereocenters. The van der Waals surface area contributed by atoms with Gasteiger partial charge in [0.2, 0.25) is 0 Å². The average Bonchev–Trinajstić information content (AvgIpc) is 2.89. The number of nitrogens with zero attached hydrogens (tertiary/aromatic N) is 2. The molecule has 1 saturated heterocycles. The minimum atomic E-state index is 0.642. The molecule has 1 aliphatic rings. The van der Waals surface area contributed by atoms with E-state index in [-0.39, 0.29) is 0 Å². The summed E-state index contributed by atoms with van der Waals surface area (Å²) in [6, 6.07) is 9.29. The molecule has 1 atom stereocenters. The fourth-order valence-electron chi connectivity index (χ4n) is 3.15. The molecule has 0 bridgehead atoms. The van der Waals surface area contributed by atoms with Crippen molar-refractivity contribution >= 4 is 0 Å². The summed E-state index contributed by atoms with van der Waals surface area (Å²) < 4.78 is 0. The first-order chi connectivity index (χ1) is 9.28. The summed E-state index contributed by atoms with van der Waals surface area (Å²) in [6.45, 7) is 10.9. The highest BCUT2D eigenvalue weighted by Gasteiger charge is 2.26. The Bertz CT molecular complexity index is 387. The third-order valence-electron chi connectivity index (χ3n) is 4.31. The van der Waals surface area contributed by atoms with E-state index >= 15 is 0 Å². The van der Waals surface area contributed by atoms with Crippen LogP contribution in [0.3, 0.4) is 0 Å². The summed E-state index contributed by atoms with van der Waals surface area (Å²) in [5.74, 6) is 0. The second-order valence-electron chi connectivity index (χ2n) is 5.37. The third-order valence-corrected chi connectivity index (χ3v) is 4.31. The van der Waals surface area contributed by atoms with Gasteiger partial charge in [0.25, 0.3) is 0 Å². The molecule has 3 heteroatoms. The minimum absolute atomic E-state index is 0.642. The molecule has 1 aliphatic heterocycles. The Morgan fingerprint density at radius 1 is 1.21 bits per heavy atom. The van der Waals surface area contributed by atoms with Crippen LogP contribution in [0.4, 0.5) is 0 Å². The Morgan fingerprint density at radius 2 is 1.89 bits per heavy atom. The smallest absolute Gasteiger partial charge is 0.0237 e. The zero-order valence-corrected chi connectivity index (χ0v) is 12.3. The van der Waals surface area contributed by atoms with Gasteiger partial charge in [0.15, 0.2) is 0 Å². The zero-order chi connectivity index (χ0) is 13.7. The van der Waals surface area contributed by atoms with Gasteiger partial charge in [-0.05, 0) is 30.6 Å². The molecule has 0 amide bonds. The van der Waals surface area contributed by atoms with Gasteiger partial charge in [-0.3, -0.25) is 9.80 Å². The number of hydrogen-bond donors (Lipinski definition) is 1. The molecule has 106 valence electrons. The van der Waals surface area contributed by atoms with Crippen LogP contribution in [-0.2, 0) is 13.1 Å². The molecule has 3 nitrogen and oxygen atoms in total. The number of hydrogen-bond acceptors (Lipinski definition) is 3. The maximum Gasteiger partial charge on any atom is 0.0237 e. The Kier molecular flexibility index (Phi) is 5.37. The number of benzene rings is 1. The van der Waals surface area contributed by atoms with Gasteiger partial charge < -0.3 is 5.73 Å². The summed E-state index contributed by atoms with van der Waals surface area (Å²) in [5.41, 5.74) is 8.50. The Balaban J connectivity index is 1.94. The second-order valence-corrected chi connectivity index (χ2v) is 5.37. The minimum Gasteiger partial charge on any atom is -0.326 e. The van der Waals surface area contributed by atoms with Crippen LogP contribution in [0.5, 0.6) is 0 Å². The average molecular weight is 261 g/mol. The van der Waals surface area contributed by atoms with Gasteiger partial charge in [-0.15, -0.1) is 0 Å².